The SMILES string of the molecule is Cn1ncc2cccc(NSc3cnn(-c4cnn5c4COCCC5)c3)c21. The maximum atomic E-state index is 5.67. The molecule has 0 fully saturated rings. The van der Waals surface area contributed by atoms with Crippen LogP contribution in [0.2, 0.25) is 0 Å². The van der Waals surface area contributed by atoms with Gasteiger partial charge in [0.25, 0.3) is 0 Å². The van der Waals surface area contributed by atoms with Gasteiger partial charge in [-0.1, -0.05) is 12.1 Å². The van der Waals surface area contributed by atoms with E-state index in [4.69, 9.17) is 4.74 Å². The van der Waals surface area contributed by atoms with Crippen LogP contribution < -0.4 is 4.72 Å². The molecule has 4 heterocycles. The summed E-state index contributed by atoms with van der Waals surface area (Å²) in [7, 11) is 1.95. The molecule has 0 saturated carbocycles. The smallest absolute Gasteiger partial charge is 0.108 e. The number of hydrogen-bond acceptors (Lipinski definition) is 6. The highest BCUT2D eigenvalue weighted by molar-refractivity contribution is 8.00. The Balaban J connectivity index is 1.37. The van der Waals surface area contributed by atoms with Crippen molar-refractivity contribution in [1.29, 1.82) is 0 Å². The first-order valence-electron chi connectivity index (χ1n) is 8.80. The molecular weight excluding hydrogens is 362 g/mol. The number of nitrogens with one attached hydrogen (secondary N) is 1. The molecule has 1 aliphatic rings. The number of nitrogens with zero attached hydrogens (tertiary/aromatic N) is 6. The summed E-state index contributed by atoms with van der Waals surface area (Å²) in [5.41, 5.74) is 4.15. The van der Waals surface area contributed by atoms with Crippen molar-refractivity contribution >= 4 is 28.5 Å². The molecule has 0 atom stereocenters. The first-order chi connectivity index (χ1) is 13.3. The third-order valence-electron chi connectivity index (χ3n) is 4.67. The van der Waals surface area contributed by atoms with Gasteiger partial charge >= 0.3 is 0 Å². The molecule has 1 N–H and O–H groups in total. The highest BCUT2D eigenvalue weighted by atomic mass is 32.2. The van der Waals surface area contributed by atoms with E-state index in [-0.39, 0.29) is 0 Å². The zero-order chi connectivity index (χ0) is 18.2. The first kappa shape index (κ1) is 16.4. The predicted octanol–water partition coefficient (Wildman–Crippen LogP) is 3.00. The number of aromatic nitrogens is 6. The molecule has 8 nitrogen and oxygen atoms in total. The monoisotopic (exact) mass is 381 g/mol. The number of ether oxygens (including phenoxy) is 1. The summed E-state index contributed by atoms with van der Waals surface area (Å²) >= 11 is 1.53. The summed E-state index contributed by atoms with van der Waals surface area (Å²) < 4.78 is 14.8. The van der Waals surface area contributed by atoms with E-state index >= 15 is 0 Å². The van der Waals surface area contributed by atoms with Crippen LogP contribution in [0.25, 0.3) is 16.6 Å². The quantitative estimate of drug-likeness (QED) is 0.548. The van der Waals surface area contributed by atoms with E-state index in [1.54, 1.807) is 0 Å². The molecule has 4 aromatic rings. The molecule has 0 saturated heterocycles. The number of aryl methyl sites for hydroxylation is 2. The highest BCUT2D eigenvalue weighted by Gasteiger charge is 2.16. The van der Waals surface area contributed by atoms with Crippen molar-refractivity contribution in [2.45, 2.75) is 24.5 Å². The molecule has 0 spiro atoms. The summed E-state index contributed by atoms with van der Waals surface area (Å²) in [4.78, 5) is 1.02. The van der Waals surface area contributed by atoms with Crippen molar-refractivity contribution in [3.8, 4) is 5.69 Å². The Kier molecular flexibility index (Phi) is 4.10. The van der Waals surface area contributed by atoms with Gasteiger partial charge in [0.1, 0.15) is 5.69 Å². The van der Waals surface area contributed by atoms with Crippen molar-refractivity contribution in [3.63, 3.8) is 0 Å². The van der Waals surface area contributed by atoms with E-state index in [1.165, 1.54) is 11.9 Å². The van der Waals surface area contributed by atoms with Crippen molar-refractivity contribution in [2.75, 3.05) is 11.3 Å². The number of anilines is 1. The minimum atomic E-state index is 0.568. The van der Waals surface area contributed by atoms with Gasteiger partial charge in [-0.05, 0) is 24.4 Å². The van der Waals surface area contributed by atoms with Crippen LogP contribution in [0.5, 0.6) is 0 Å². The molecular formula is C18H19N7OS. The maximum absolute atomic E-state index is 5.67. The van der Waals surface area contributed by atoms with Gasteiger partial charge in [0, 0.05) is 31.8 Å². The van der Waals surface area contributed by atoms with Gasteiger partial charge < -0.3 is 9.46 Å². The maximum Gasteiger partial charge on any atom is 0.108 e. The van der Waals surface area contributed by atoms with E-state index < -0.39 is 0 Å². The average Bonchev–Trinajstić information content (AvgIpc) is 3.36. The average molecular weight is 381 g/mol. The van der Waals surface area contributed by atoms with Gasteiger partial charge in [-0.2, -0.15) is 15.3 Å². The normalized spacial score (nSPS) is 14.3. The van der Waals surface area contributed by atoms with Crippen molar-refractivity contribution in [3.05, 3.63) is 48.7 Å². The van der Waals surface area contributed by atoms with Gasteiger partial charge in [-0.3, -0.25) is 9.36 Å². The van der Waals surface area contributed by atoms with E-state index in [0.717, 1.165) is 52.4 Å². The van der Waals surface area contributed by atoms with Crippen molar-refractivity contribution < 1.29 is 4.74 Å². The lowest BCUT2D eigenvalue weighted by Gasteiger charge is -2.07. The summed E-state index contributed by atoms with van der Waals surface area (Å²) in [5, 5.41) is 14.4. The zero-order valence-corrected chi connectivity index (χ0v) is 15.7. The lowest BCUT2D eigenvalue weighted by Crippen LogP contribution is -2.05. The summed E-state index contributed by atoms with van der Waals surface area (Å²) in [6.07, 6.45) is 8.57. The Morgan fingerprint density at radius 3 is 3.07 bits per heavy atom. The standard InChI is InChI=1S/C18H19N7OS/c1-23-18-13(8-19-23)4-2-5-15(18)22-27-14-9-20-25(11-14)16-10-21-24-6-3-7-26-12-17(16)24/h2,4-5,8-11,22H,3,6-7,12H2,1H3. The molecule has 1 aromatic carbocycles. The molecule has 0 aliphatic carbocycles. The lowest BCUT2D eigenvalue weighted by atomic mass is 10.2. The highest BCUT2D eigenvalue weighted by Crippen LogP contribution is 2.28. The van der Waals surface area contributed by atoms with Crippen LogP contribution in [0.4, 0.5) is 5.69 Å². The second kappa shape index (κ2) is 6.75. The van der Waals surface area contributed by atoms with E-state index in [0.29, 0.717) is 6.61 Å². The van der Waals surface area contributed by atoms with Gasteiger partial charge in [-0.25, -0.2) is 4.68 Å². The van der Waals surface area contributed by atoms with Gasteiger partial charge in [0.2, 0.25) is 0 Å². The number of benzene rings is 1. The lowest BCUT2D eigenvalue weighted by molar-refractivity contribution is 0.124. The fraction of sp³-hybridized carbons (Fsp3) is 0.278. The molecule has 0 unspecified atom stereocenters. The number of para-hydroxylation sites is 1. The third kappa shape index (κ3) is 2.98. The first-order valence-corrected chi connectivity index (χ1v) is 9.62. The minimum absolute atomic E-state index is 0.568. The fourth-order valence-electron chi connectivity index (χ4n) is 3.34. The van der Waals surface area contributed by atoms with Crippen LogP contribution in [0.15, 0.2) is 47.9 Å². The fourth-order valence-corrected chi connectivity index (χ4v) is 3.98. The Morgan fingerprint density at radius 1 is 1.15 bits per heavy atom. The summed E-state index contributed by atoms with van der Waals surface area (Å²) in [5.74, 6) is 0. The minimum Gasteiger partial charge on any atom is -0.375 e. The van der Waals surface area contributed by atoms with Crippen LogP contribution in [0.3, 0.4) is 0 Å². The Morgan fingerprint density at radius 2 is 2.11 bits per heavy atom. The molecule has 5 rings (SSSR count). The van der Waals surface area contributed by atoms with Crippen LogP contribution in [0.1, 0.15) is 12.1 Å². The number of fused-ring (bicyclic) bond motifs is 2. The van der Waals surface area contributed by atoms with Crippen molar-refractivity contribution in [2.24, 2.45) is 7.05 Å². The summed E-state index contributed by atoms with van der Waals surface area (Å²) in [6.45, 7) is 2.22. The molecule has 0 amide bonds. The van der Waals surface area contributed by atoms with E-state index in [2.05, 4.69) is 32.2 Å². The van der Waals surface area contributed by atoms with Gasteiger partial charge in [0.05, 0.1) is 47.0 Å². The summed E-state index contributed by atoms with van der Waals surface area (Å²) in [6, 6.07) is 6.14. The van der Waals surface area contributed by atoms with Crippen LogP contribution >= 0.6 is 11.9 Å². The Labute approximate surface area is 160 Å². The van der Waals surface area contributed by atoms with Crippen LogP contribution in [-0.4, -0.2) is 35.9 Å². The predicted molar refractivity (Wildman–Crippen MR) is 104 cm³/mol. The molecule has 138 valence electrons. The topological polar surface area (TPSA) is 74.7 Å². The van der Waals surface area contributed by atoms with Gasteiger partial charge in [0.15, 0.2) is 0 Å². The zero-order valence-electron chi connectivity index (χ0n) is 14.9. The second-order valence-electron chi connectivity index (χ2n) is 6.44. The van der Waals surface area contributed by atoms with Crippen LogP contribution in [0, 0.1) is 0 Å². The molecule has 0 bridgehead atoms. The third-order valence-corrected chi connectivity index (χ3v) is 5.44. The second-order valence-corrected chi connectivity index (χ2v) is 7.32. The number of rotatable bonds is 4. The van der Waals surface area contributed by atoms with E-state index in [9.17, 15) is 0 Å². The molecule has 0 radical (unpaired) electrons. The Bertz CT molecular complexity index is 1100. The Hall–Kier alpha value is -2.78. The largest absolute Gasteiger partial charge is 0.375 e. The van der Waals surface area contributed by atoms with Crippen LogP contribution in [-0.2, 0) is 24.9 Å². The number of hydrogen-bond donors (Lipinski definition) is 1. The van der Waals surface area contributed by atoms with Crippen molar-refractivity contribution in [1.82, 2.24) is 29.3 Å². The van der Waals surface area contributed by atoms with Gasteiger partial charge in [-0.15, -0.1) is 0 Å². The molecule has 9 heteroatoms. The molecule has 1 aliphatic heterocycles. The van der Waals surface area contributed by atoms with E-state index in [1.807, 2.05) is 51.9 Å². The molecule has 3 aromatic heterocycles. The molecule has 27 heavy (non-hydrogen) atoms.